The van der Waals surface area contributed by atoms with Gasteiger partial charge in [0.25, 0.3) is 6.29 Å². The Morgan fingerprint density at radius 3 is 1.03 bits per heavy atom. The number of carboxylic acids is 1. The predicted octanol–water partition coefficient (Wildman–Crippen LogP) is 20.6. The number of esters is 2. The van der Waals surface area contributed by atoms with Crippen LogP contribution in [0.4, 0.5) is 0 Å². The zero-order valence-corrected chi connectivity index (χ0v) is 52.6. The molecule has 9 heteroatoms. The second-order valence-electron chi connectivity index (χ2n) is 24.5. The van der Waals surface area contributed by atoms with Crippen LogP contribution in [0.15, 0.2) is 24.3 Å². The molecule has 2 atom stereocenters. The van der Waals surface area contributed by atoms with Crippen LogP contribution in [0.3, 0.4) is 0 Å². The Morgan fingerprint density at radius 1 is 0.385 bits per heavy atom. The third-order valence-electron chi connectivity index (χ3n) is 15.5. The van der Waals surface area contributed by atoms with E-state index < -0.39 is 24.3 Å². The molecule has 1 N–H and O–H groups in total. The number of quaternary nitrogens is 1. The summed E-state index contributed by atoms with van der Waals surface area (Å²) in [5.41, 5.74) is 0. The van der Waals surface area contributed by atoms with Crippen LogP contribution in [0.1, 0.15) is 341 Å². The maximum atomic E-state index is 12.9. The summed E-state index contributed by atoms with van der Waals surface area (Å²) in [6.45, 7) is 4.91. The Labute approximate surface area is 484 Å². The molecule has 0 amide bonds. The van der Waals surface area contributed by atoms with Crippen LogP contribution in [0.2, 0.25) is 0 Å². The number of carboxylic acid groups (broad SMARTS) is 1. The topological polar surface area (TPSA) is 108 Å². The van der Waals surface area contributed by atoms with Gasteiger partial charge in [-0.25, -0.2) is 4.79 Å². The summed E-state index contributed by atoms with van der Waals surface area (Å²) in [5.74, 6) is -1.99. The lowest BCUT2D eigenvalue weighted by atomic mass is 10.0. The molecule has 0 fully saturated rings. The number of rotatable bonds is 64. The van der Waals surface area contributed by atoms with Gasteiger partial charge in [0.1, 0.15) is 13.2 Å². The molecule has 9 nitrogen and oxygen atoms in total. The van der Waals surface area contributed by atoms with Crippen molar-refractivity contribution in [2.45, 2.75) is 354 Å². The van der Waals surface area contributed by atoms with Crippen molar-refractivity contribution in [3.63, 3.8) is 0 Å². The molecular weight excluding hydrogens is 971 g/mol. The van der Waals surface area contributed by atoms with E-state index in [1.165, 1.54) is 257 Å². The Hall–Kier alpha value is -2.23. The lowest BCUT2D eigenvalue weighted by Gasteiger charge is -2.25. The van der Waals surface area contributed by atoms with Crippen molar-refractivity contribution in [3.8, 4) is 0 Å². The summed E-state index contributed by atoms with van der Waals surface area (Å²) in [7, 11) is 5.98. The zero-order chi connectivity index (χ0) is 56.9. The van der Waals surface area contributed by atoms with Gasteiger partial charge < -0.3 is 28.5 Å². The molecule has 0 bridgehead atoms. The highest BCUT2D eigenvalue weighted by atomic mass is 16.7. The number of ether oxygens (including phenoxy) is 4. The van der Waals surface area contributed by atoms with Gasteiger partial charge in [0.05, 0.1) is 34.4 Å². The fourth-order valence-corrected chi connectivity index (χ4v) is 10.2. The van der Waals surface area contributed by atoms with Crippen LogP contribution in [0.5, 0.6) is 0 Å². The second-order valence-corrected chi connectivity index (χ2v) is 24.5. The standard InChI is InChI=1S/C69H131NO8/c1-6-8-10-12-14-16-18-20-22-24-26-27-28-29-30-31-32-33-34-35-36-37-38-39-40-41-42-44-45-47-49-51-53-55-57-59-66(71)76-63-65(64-77-69(68(73)74)75-62-61-70(3,4)5)78-67(72)60-58-56-54-52-50-48-46-43-25-23-21-19-17-15-13-11-9-7-2/h17,19,23,25,65,69H,6-16,18,20-22,24,26-64H2,1-5H3/p+1/b19-17-,25-23-. The summed E-state index contributed by atoms with van der Waals surface area (Å²) in [4.78, 5) is 37.5. The first kappa shape index (κ1) is 75.8. The number of carbonyl (C=O) groups excluding carboxylic acids is 2. The Balaban J connectivity index is 3.99. The third kappa shape index (κ3) is 61.4. The quantitative estimate of drug-likeness (QED) is 0.0211. The van der Waals surface area contributed by atoms with Crippen molar-refractivity contribution in [3.05, 3.63) is 24.3 Å². The summed E-state index contributed by atoms with van der Waals surface area (Å²) < 4.78 is 22.9. The molecule has 460 valence electrons. The fraction of sp³-hybridized carbons (Fsp3) is 0.899. The summed E-state index contributed by atoms with van der Waals surface area (Å²) in [5, 5.41) is 9.72. The Kier molecular flexibility index (Phi) is 59.1. The summed E-state index contributed by atoms with van der Waals surface area (Å²) >= 11 is 0. The lowest BCUT2D eigenvalue weighted by molar-refractivity contribution is -0.870. The van der Waals surface area contributed by atoms with Crippen molar-refractivity contribution >= 4 is 17.9 Å². The molecule has 0 rings (SSSR count). The van der Waals surface area contributed by atoms with Crippen molar-refractivity contribution in [1.29, 1.82) is 0 Å². The number of hydrogen-bond donors (Lipinski definition) is 1. The highest BCUT2D eigenvalue weighted by molar-refractivity contribution is 5.71. The van der Waals surface area contributed by atoms with E-state index in [1.54, 1.807) is 0 Å². The van der Waals surface area contributed by atoms with Crippen molar-refractivity contribution < 1.29 is 42.9 Å². The maximum Gasteiger partial charge on any atom is 0.361 e. The lowest BCUT2D eigenvalue weighted by Crippen LogP contribution is -2.40. The van der Waals surface area contributed by atoms with Gasteiger partial charge in [-0.1, -0.05) is 308 Å². The number of allylic oxidation sites excluding steroid dienone is 4. The molecule has 0 aromatic carbocycles. The van der Waals surface area contributed by atoms with Gasteiger partial charge in [0.2, 0.25) is 0 Å². The maximum absolute atomic E-state index is 12.9. The zero-order valence-electron chi connectivity index (χ0n) is 52.6. The molecule has 78 heavy (non-hydrogen) atoms. The third-order valence-corrected chi connectivity index (χ3v) is 15.5. The van der Waals surface area contributed by atoms with Crippen LogP contribution in [0, 0.1) is 0 Å². The minimum atomic E-state index is -1.51. The number of likely N-dealkylation sites (N-methyl/N-ethyl adjacent to an activating group) is 1. The van der Waals surface area contributed by atoms with Crippen LogP contribution in [-0.2, 0) is 33.3 Å². The van der Waals surface area contributed by atoms with E-state index in [4.69, 9.17) is 18.9 Å². The number of hydrogen-bond acceptors (Lipinski definition) is 7. The second kappa shape index (κ2) is 60.9. The van der Waals surface area contributed by atoms with Gasteiger partial charge in [-0.05, 0) is 44.9 Å². The van der Waals surface area contributed by atoms with E-state index in [2.05, 4.69) is 38.2 Å². The first-order valence-corrected chi connectivity index (χ1v) is 34.0. The molecule has 0 spiro atoms. The molecule has 2 unspecified atom stereocenters. The van der Waals surface area contributed by atoms with Crippen molar-refractivity contribution in [2.24, 2.45) is 0 Å². The van der Waals surface area contributed by atoms with Gasteiger partial charge >= 0.3 is 17.9 Å². The molecule has 0 radical (unpaired) electrons. The molecule has 0 saturated heterocycles. The molecule has 0 saturated carbocycles. The first-order chi connectivity index (χ1) is 38.1. The van der Waals surface area contributed by atoms with Gasteiger partial charge in [0, 0.05) is 12.8 Å². The summed E-state index contributed by atoms with van der Waals surface area (Å²) in [6, 6.07) is 0. The Bertz CT molecular complexity index is 1330. The van der Waals surface area contributed by atoms with E-state index in [-0.39, 0.29) is 32.2 Å². The highest BCUT2D eigenvalue weighted by Gasteiger charge is 2.25. The smallest absolute Gasteiger partial charge is 0.361 e. The molecular formula is C69H132NO8+. The minimum absolute atomic E-state index is 0.180. The molecule has 0 aliphatic carbocycles. The first-order valence-electron chi connectivity index (χ1n) is 34.0. The van der Waals surface area contributed by atoms with Crippen LogP contribution in [0.25, 0.3) is 0 Å². The molecule has 0 aliphatic heterocycles. The average Bonchev–Trinajstić information content (AvgIpc) is 3.41. The number of unbranched alkanes of at least 4 members (excludes halogenated alkanes) is 45. The average molecular weight is 1100 g/mol. The SMILES string of the molecule is CCCCCC/C=C\C/C=C\CCCCCCCCCC(=O)OC(COC(=O)CCCCCCCCCCCCCCCCCCCCCCCCCCCCCCCCCCCCC)COC(OCC[N+](C)(C)C)C(=O)O. The van der Waals surface area contributed by atoms with Crippen LogP contribution >= 0.6 is 0 Å². The molecule has 0 aromatic rings. The van der Waals surface area contributed by atoms with E-state index >= 15 is 0 Å². The number of nitrogens with zero attached hydrogens (tertiary/aromatic N) is 1. The normalized spacial score (nSPS) is 12.8. The molecule has 0 heterocycles. The Morgan fingerprint density at radius 2 is 0.692 bits per heavy atom. The largest absolute Gasteiger partial charge is 0.477 e. The van der Waals surface area contributed by atoms with Crippen molar-refractivity contribution in [1.82, 2.24) is 0 Å². The van der Waals surface area contributed by atoms with Gasteiger partial charge in [0.15, 0.2) is 6.10 Å². The van der Waals surface area contributed by atoms with E-state index in [0.717, 1.165) is 51.4 Å². The van der Waals surface area contributed by atoms with Gasteiger partial charge in [-0.15, -0.1) is 0 Å². The van der Waals surface area contributed by atoms with Crippen LogP contribution < -0.4 is 0 Å². The van der Waals surface area contributed by atoms with Gasteiger partial charge in [-0.2, -0.15) is 0 Å². The van der Waals surface area contributed by atoms with Crippen LogP contribution in [-0.4, -0.2) is 87.4 Å². The van der Waals surface area contributed by atoms with Gasteiger partial charge in [-0.3, -0.25) is 9.59 Å². The predicted molar refractivity (Wildman–Crippen MR) is 332 cm³/mol. The van der Waals surface area contributed by atoms with Crippen molar-refractivity contribution in [2.75, 3.05) is 47.5 Å². The molecule has 0 aliphatic rings. The monoisotopic (exact) mass is 1100 g/mol. The highest BCUT2D eigenvalue weighted by Crippen LogP contribution is 2.19. The van der Waals surface area contributed by atoms with E-state index in [9.17, 15) is 19.5 Å². The minimum Gasteiger partial charge on any atom is -0.477 e. The molecule has 0 aromatic heterocycles. The fourth-order valence-electron chi connectivity index (χ4n) is 10.2. The number of aliphatic carboxylic acids is 1. The van der Waals surface area contributed by atoms with E-state index in [0.29, 0.717) is 23.9 Å². The number of carbonyl (C=O) groups is 3. The van der Waals surface area contributed by atoms with E-state index in [1.807, 2.05) is 21.1 Å². The summed E-state index contributed by atoms with van der Waals surface area (Å²) in [6.07, 6.45) is 71.6.